The Morgan fingerprint density at radius 3 is 2.63 bits per heavy atom. The van der Waals surface area contributed by atoms with Gasteiger partial charge in [-0.2, -0.15) is 0 Å². The van der Waals surface area contributed by atoms with Crippen LogP contribution in [-0.4, -0.2) is 41.5 Å². The zero-order valence-electron chi connectivity index (χ0n) is 11.6. The summed E-state index contributed by atoms with van der Waals surface area (Å²) in [6.07, 6.45) is 0. The van der Waals surface area contributed by atoms with E-state index in [9.17, 15) is 4.79 Å². The van der Waals surface area contributed by atoms with Crippen molar-refractivity contribution in [2.75, 3.05) is 20.1 Å². The van der Waals surface area contributed by atoms with Crippen molar-refractivity contribution in [1.29, 1.82) is 0 Å². The van der Waals surface area contributed by atoms with Crippen LogP contribution in [0.3, 0.4) is 0 Å². The molecule has 1 unspecified atom stereocenters. The molecule has 1 aromatic rings. The van der Waals surface area contributed by atoms with Crippen LogP contribution in [0.2, 0.25) is 0 Å². The largest absolute Gasteiger partial charge is 0.324 e. The molecule has 2 N–H and O–H groups in total. The van der Waals surface area contributed by atoms with Crippen LogP contribution < -0.4 is 5.73 Å². The van der Waals surface area contributed by atoms with Crippen LogP contribution in [0, 0.1) is 0 Å². The van der Waals surface area contributed by atoms with Gasteiger partial charge in [-0.1, -0.05) is 34.1 Å². The minimum atomic E-state index is -0.376. The minimum absolute atomic E-state index is 0.0410. The highest BCUT2D eigenvalue weighted by Gasteiger charge is 2.37. The number of halogens is 1. The van der Waals surface area contributed by atoms with E-state index in [1.165, 1.54) is 0 Å². The van der Waals surface area contributed by atoms with Crippen molar-refractivity contribution < 1.29 is 4.79 Å². The lowest BCUT2D eigenvalue weighted by Gasteiger charge is -2.25. The summed E-state index contributed by atoms with van der Waals surface area (Å²) in [5, 5.41) is 0. The van der Waals surface area contributed by atoms with Gasteiger partial charge >= 0.3 is 6.03 Å². The van der Waals surface area contributed by atoms with E-state index in [0.29, 0.717) is 13.1 Å². The molecule has 1 atom stereocenters. The van der Waals surface area contributed by atoms with Gasteiger partial charge in [-0.15, -0.1) is 0 Å². The number of urea groups is 1. The Morgan fingerprint density at radius 2 is 2.05 bits per heavy atom. The molecule has 0 aliphatic carbocycles. The van der Waals surface area contributed by atoms with Crippen molar-refractivity contribution in [2.45, 2.75) is 25.4 Å². The summed E-state index contributed by atoms with van der Waals surface area (Å²) in [5.41, 5.74) is 6.77. The standard InChI is InChI=1S/C14H20BrN3O/c1-14(2,16)9-18-8-12(17(3)13(18)19)10-6-4-5-7-11(10)15/h4-7,12H,8-9,16H2,1-3H3. The fourth-order valence-electron chi connectivity index (χ4n) is 2.44. The van der Waals surface area contributed by atoms with Gasteiger partial charge in [0.1, 0.15) is 0 Å². The predicted octanol–water partition coefficient (Wildman–Crippen LogP) is 2.59. The first kappa shape index (κ1) is 14.3. The molecule has 1 aliphatic rings. The Balaban J connectivity index is 2.22. The maximum Gasteiger partial charge on any atom is 0.320 e. The number of hydrogen-bond acceptors (Lipinski definition) is 2. The summed E-state index contributed by atoms with van der Waals surface area (Å²) in [4.78, 5) is 15.9. The second kappa shape index (κ2) is 5.13. The van der Waals surface area contributed by atoms with Crippen molar-refractivity contribution in [1.82, 2.24) is 9.80 Å². The summed E-state index contributed by atoms with van der Waals surface area (Å²) in [7, 11) is 1.84. The molecule has 0 spiro atoms. The number of rotatable bonds is 3. The van der Waals surface area contributed by atoms with Gasteiger partial charge in [-0.05, 0) is 25.5 Å². The maximum absolute atomic E-state index is 12.3. The first-order chi connectivity index (χ1) is 8.79. The molecule has 1 heterocycles. The summed E-state index contributed by atoms with van der Waals surface area (Å²) in [6.45, 7) is 5.12. The van der Waals surface area contributed by atoms with Gasteiger partial charge in [0.05, 0.1) is 6.04 Å². The lowest BCUT2D eigenvalue weighted by molar-refractivity contribution is 0.188. The van der Waals surface area contributed by atoms with Crippen molar-refractivity contribution in [3.05, 3.63) is 34.3 Å². The van der Waals surface area contributed by atoms with E-state index in [2.05, 4.69) is 22.0 Å². The molecule has 1 aliphatic heterocycles. The SMILES string of the molecule is CN1C(=O)N(CC(C)(C)N)CC1c1ccccc1Br. The van der Waals surface area contributed by atoms with Gasteiger partial charge in [-0.3, -0.25) is 0 Å². The zero-order chi connectivity index (χ0) is 14.2. The monoisotopic (exact) mass is 325 g/mol. The van der Waals surface area contributed by atoms with Gasteiger partial charge in [0, 0.05) is 30.1 Å². The Kier molecular flexibility index (Phi) is 3.87. The average molecular weight is 326 g/mol. The van der Waals surface area contributed by atoms with Crippen LogP contribution >= 0.6 is 15.9 Å². The number of likely N-dealkylation sites (N-methyl/N-ethyl adjacent to an activating group) is 1. The smallest absolute Gasteiger partial charge is 0.320 e. The summed E-state index contributed by atoms with van der Waals surface area (Å²) in [6, 6.07) is 8.14. The molecule has 0 aromatic heterocycles. The molecule has 2 rings (SSSR count). The molecule has 4 nitrogen and oxygen atoms in total. The third-order valence-electron chi connectivity index (χ3n) is 3.30. The fourth-order valence-corrected chi connectivity index (χ4v) is 2.99. The molecule has 2 amide bonds. The summed E-state index contributed by atoms with van der Waals surface area (Å²) < 4.78 is 1.04. The van der Waals surface area contributed by atoms with Crippen molar-refractivity contribution in [3.8, 4) is 0 Å². The van der Waals surface area contributed by atoms with Crippen LogP contribution in [0.15, 0.2) is 28.7 Å². The predicted molar refractivity (Wildman–Crippen MR) is 79.9 cm³/mol. The Hall–Kier alpha value is -1.07. The third kappa shape index (κ3) is 3.09. The normalized spacial score (nSPS) is 20.3. The minimum Gasteiger partial charge on any atom is -0.324 e. The van der Waals surface area contributed by atoms with E-state index < -0.39 is 0 Å². The second-order valence-electron chi connectivity index (χ2n) is 5.80. The van der Waals surface area contributed by atoms with Crippen LogP contribution in [0.1, 0.15) is 25.5 Å². The maximum atomic E-state index is 12.3. The number of benzene rings is 1. The molecule has 1 aromatic carbocycles. The molecular formula is C14H20BrN3O. The highest BCUT2D eigenvalue weighted by molar-refractivity contribution is 9.10. The lowest BCUT2D eigenvalue weighted by atomic mass is 10.1. The van der Waals surface area contributed by atoms with Gasteiger partial charge in [0.15, 0.2) is 0 Å². The molecule has 1 fully saturated rings. The Morgan fingerprint density at radius 1 is 1.42 bits per heavy atom. The van der Waals surface area contributed by atoms with Gasteiger partial charge in [-0.25, -0.2) is 4.79 Å². The summed E-state index contributed by atoms with van der Waals surface area (Å²) in [5.74, 6) is 0. The Labute approximate surface area is 122 Å². The number of hydrogen-bond donors (Lipinski definition) is 1. The zero-order valence-corrected chi connectivity index (χ0v) is 13.1. The lowest BCUT2D eigenvalue weighted by Crippen LogP contribution is -2.46. The fraction of sp³-hybridized carbons (Fsp3) is 0.500. The molecule has 0 radical (unpaired) electrons. The number of nitrogens with two attached hydrogens (primary N) is 1. The van der Waals surface area contributed by atoms with Gasteiger partial charge < -0.3 is 15.5 Å². The van der Waals surface area contributed by atoms with Crippen molar-refractivity contribution >= 4 is 22.0 Å². The summed E-state index contributed by atoms with van der Waals surface area (Å²) >= 11 is 3.55. The molecule has 104 valence electrons. The highest BCUT2D eigenvalue weighted by Crippen LogP contribution is 2.32. The van der Waals surface area contributed by atoms with Gasteiger partial charge in [0.25, 0.3) is 0 Å². The first-order valence-electron chi connectivity index (χ1n) is 6.34. The average Bonchev–Trinajstić information content (AvgIpc) is 2.56. The molecule has 1 saturated heterocycles. The number of nitrogens with zero attached hydrogens (tertiary/aromatic N) is 2. The van der Waals surface area contributed by atoms with Crippen molar-refractivity contribution in [3.63, 3.8) is 0 Å². The molecule has 5 heteroatoms. The highest BCUT2D eigenvalue weighted by atomic mass is 79.9. The van der Waals surface area contributed by atoms with Crippen molar-refractivity contribution in [2.24, 2.45) is 5.73 Å². The van der Waals surface area contributed by atoms with E-state index in [1.807, 2.05) is 44.0 Å². The molecule has 0 bridgehead atoms. The molecule has 0 saturated carbocycles. The molecular weight excluding hydrogens is 306 g/mol. The number of amides is 2. The third-order valence-corrected chi connectivity index (χ3v) is 4.02. The first-order valence-corrected chi connectivity index (χ1v) is 7.14. The topological polar surface area (TPSA) is 49.6 Å². The van der Waals surface area contributed by atoms with E-state index in [-0.39, 0.29) is 17.6 Å². The van der Waals surface area contributed by atoms with E-state index >= 15 is 0 Å². The van der Waals surface area contributed by atoms with Crippen LogP contribution in [-0.2, 0) is 0 Å². The van der Waals surface area contributed by atoms with E-state index in [0.717, 1.165) is 10.0 Å². The molecule has 19 heavy (non-hydrogen) atoms. The number of carbonyl (C=O) groups is 1. The Bertz CT molecular complexity index is 484. The van der Waals surface area contributed by atoms with E-state index in [4.69, 9.17) is 5.73 Å². The van der Waals surface area contributed by atoms with Crippen LogP contribution in [0.5, 0.6) is 0 Å². The van der Waals surface area contributed by atoms with Crippen LogP contribution in [0.4, 0.5) is 4.79 Å². The van der Waals surface area contributed by atoms with Gasteiger partial charge in [0.2, 0.25) is 0 Å². The number of carbonyl (C=O) groups excluding carboxylic acids is 1. The van der Waals surface area contributed by atoms with E-state index in [1.54, 1.807) is 4.90 Å². The van der Waals surface area contributed by atoms with Crippen LogP contribution in [0.25, 0.3) is 0 Å². The quantitative estimate of drug-likeness (QED) is 0.928. The second-order valence-corrected chi connectivity index (χ2v) is 6.65.